The van der Waals surface area contributed by atoms with Gasteiger partial charge in [-0.2, -0.15) is 0 Å². The van der Waals surface area contributed by atoms with Crippen LogP contribution < -0.4 is 5.32 Å². The number of imidazole rings is 1. The summed E-state index contributed by atoms with van der Waals surface area (Å²) in [6, 6.07) is 0.669. The van der Waals surface area contributed by atoms with Crippen LogP contribution >= 0.6 is 0 Å². The van der Waals surface area contributed by atoms with Crippen molar-refractivity contribution in [2.24, 2.45) is 13.0 Å². The molecule has 0 spiro atoms. The lowest BCUT2D eigenvalue weighted by molar-refractivity contribution is 0.392. The van der Waals surface area contributed by atoms with Crippen LogP contribution in [0.25, 0.3) is 0 Å². The first-order valence-corrected chi connectivity index (χ1v) is 7.99. The fourth-order valence-electron chi connectivity index (χ4n) is 3.31. The Morgan fingerprint density at radius 3 is 2.79 bits per heavy atom. The number of aromatic nitrogens is 2. The van der Waals surface area contributed by atoms with E-state index in [-0.39, 0.29) is 0 Å². The maximum atomic E-state index is 4.42. The smallest absolute Gasteiger partial charge is 0.108 e. The van der Waals surface area contributed by atoms with E-state index in [2.05, 4.69) is 28.8 Å². The van der Waals surface area contributed by atoms with Crippen LogP contribution in [-0.4, -0.2) is 22.1 Å². The zero-order valence-electron chi connectivity index (χ0n) is 12.6. The molecule has 1 atom stereocenters. The van der Waals surface area contributed by atoms with Crippen LogP contribution in [0.1, 0.15) is 57.7 Å². The number of nitrogens with zero attached hydrogens (tertiary/aromatic N) is 2. The predicted octanol–water partition coefficient (Wildman–Crippen LogP) is 3.30. The van der Waals surface area contributed by atoms with Gasteiger partial charge in [0.25, 0.3) is 0 Å². The van der Waals surface area contributed by atoms with Crippen LogP contribution in [0.5, 0.6) is 0 Å². The van der Waals surface area contributed by atoms with Crippen LogP contribution in [0.4, 0.5) is 0 Å². The van der Waals surface area contributed by atoms with Crippen LogP contribution in [0.3, 0.4) is 0 Å². The molecule has 1 saturated carbocycles. The normalized spacial score (nSPS) is 18.0. The summed E-state index contributed by atoms with van der Waals surface area (Å²) in [4.78, 5) is 4.42. The van der Waals surface area contributed by atoms with Crippen LogP contribution in [0.15, 0.2) is 12.4 Å². The molecule has 1 aliphatic rings. The quantitative estimate of drug-likeness (QED) is 0.780. The standard InChI is InChI=1S/C16H29N3/c1-3-17-15(9-8-14-6-4-5-7-14)10-11-16-18-12-13-19(16)2/h12-15,17H,3-11H2,1-2H3. The van der Waals surface area contributed by atoms with E-state index in [1.54, 1.807) is 0 Å². The fraction of sp³-hybridized carbons (Fsp3) is 0.812. The molecular formula is C16H29N3. The van der Waals surface area contributed by atoms with Crippen molar-refractivity contribution in [1.82, 2.24) is 14.9 Å². The number of aryl methyl sites for hydroxylation is 2. The zero-order chi connectivity index (χ0) is 13.5. The molecule has 0 aliphatic heterocycles. The van der Waals surface area contributed by atoms with Gasteiger partial charge in [-0.3, -0.25) is 0 Å². The van der Waals surface area contributed by atoms with Crippen molar-refractivity contribution in [2.45, 2.75) is 64.3 Å². The summed E-state index contributed by atoms with van der Waals surface area (Å²) in [5.74, 6) is 2.22. The summed E-state index contributed by atoms with van der Waals surface area (Å²) in [6.45, 7) is 3.29. The molecule has 3 heteroatoms. The first kappa shape index (κ1) is 14.6. The third-order valence-corrected chi connectivity index (χ3v) is 4.53. The fourth-order valence-corrected chi connectivity index (χ4v) is 3.31. The molecule has 19 heavy (non-hydrogen) atoms. The Kier molecular flexibility index (Phi) is 5.90. The summed E-state index contributed by atoms with van der Waals surface area (Å²) in [5.41, 5.74) is 0. The van der Waals surface area contributed by atoms with Gasteiger partial charge in [-0.25, -0.2) is 4.98 Å². The molecule has 3 nitrogen and oxygen atoms in total. The van der Waals surface area contributed by atoms with Gasteiger partial charge in [0.15, 0.2) is 0 Å². The number of hydrogen-bond acceptors (Lipinski definition) is 2. The maximum Gasteiger partial charge on any atom is 0.108 e. The Bertz CT molecular complexity index is 353. The van der Waals surface area contributed by atoms with E-state index in [0.717, 1.165) is 18.9 Å². The Balaban J connectivity index is 1.73. The molecule has 1 N–H and O–H groups in total. The minimum Gasteiger partial charge on any atom is -0.338 e. The third kappa shape index (κ3) is 4.64. The third-order valence-electron chi connectivity index (χ3n) is 4.53. The molecule has 0 amide bonds. The van der Waals surface area contributed by atoms with Gasteiger partial charge in [0.05, 0.1) is 0 Å². The van der Waals surface area contributed by atoms with Gasteiger partial charge < -0.3 is 9.88 Å². The van der Waals surface area contributed by atoms with Gasteiger partial charge in [0.2, 0.25) is 0 Å². The summed E-state index contributed by atoms with van der Waals surface area (Å²) in [7, 11) is 2.09. The summed E-state index contributed by atoms with van der Waals surface area (Å²) in [6.07, 6.45) is 14.9. The van der Waals surface area contributed by atoms with Gasteiger partial charge in [-0.05, 0) is 31.7 Å². The second-order valence-electron chi connectivity index (χ2n) is 5.98. The molecule has 1 heterocycles. The van der Waals surface area contributed by atoms with Crippen molar-refractivity contribution < 1.29 is 0 Å². The first-order valence-electron chi connectivity index (χ1n) is 7.99. The highest BCUT2D eigenvalue weighted by molar-refractivity contribution is 4.92. The highest BCUT2D eigenvalue weighted by Gasteiger charge is 2.17. The molecule has 1 fully saturated rings. The molecule has 1 unspecified atom stereocenters. The lowest BCUT2D eigenvalue weighted by atomic mass is 9.96. The monoisotopic (exact) mass is 263 g/mol. The van der Waals surface area contributed by atoms with Crippen LogP contribution in [0, 0.1) is 5.92 Å². The molecule has 0 aromatic carbocycles. The van der Waals surface area contributed by atoms with E-state index < -0.39 is 0 Å². The highest BCUT2D eigenvalue weighted by Crippen LogP contribution is 2.29. The van der Waals surface area contributed by atoms with E-state index in [0.29, 0.717) is 6.04 Å². The number of hydrogen-bond donors (Lipinski definition) is 1. The van der Waals surface area contributed by atoms with Crippen molar-refractivity contribution in [3.05, 3.63) is 18.2 Å². The molecular weight excluding hydrogens is 234 g/mol. The van der Waals surface area contributed by atoms with Gasteiger partial charge in [-0.1, -0.05) is 32.6 Å². The lowest BCUT2D eigenvalue weighted by Gasteiger charge is -2.19. The second-order valence-corrected chi connectivity index (χ2v) is 5.98. The SMILES string of the molecule is CCNC(CCc1nccn1C)CCC1CCCC1. The highest BCUT2D eigenvalue weighted by atomic mass is 15.0. The first-order chi connectivity index (χ1) is 9.29. The molecule has 108 valence electrons. The predicted molar refractivity (Wildman–Crippen MR) is 80.2 cm³/mol. The minimum atomic E-state index is 0.669. The van der Waals surface area contributed by atoms with E-state index >= 15 is 0 Å². The molecule has 0 bridgehead atoms. The van der Waals surface area contributed by atoms with Crippen molar-refractivity contribution >= 4 is 0 Å². The van der Waals surface area contributed by atoms with Gasteiger partial charge in [-0.15, -0.1) is 0 Å². The Morgan fingerprint density at radius 2 is 2.16 bits per heavy atom. The number of rotatable bonds is 8. The topological polar surface area (TPSA) is 29.9 Å². The van der Waals surface area contributed by atoms with Crippen molar-refractivity contribution in [2.75, 3.05) is 6.54 Å². The second kappa shape index (κ2) is 7.68. The molecule has 2 rings (SSSR count). The summed E-state index contributed by atoms with van der Waals surface area (Å²) >= 11 is 0. The Labute approximate surface area is 117 Å². The van der Waals surface area contributed by atoms with Gasteiger partial charge >= 0.3 is 0 Å². The zero-order valence-corrected chi connectivity index (χ0v) is 12.6. The van der Waals surface area contributed by atoms with Crippen LogP contribution in [0.2, 0.25) is 0 Å². The minimum absolute atomic E-state index is 0.669. The number of nitrogens with one attached hydrogen (secondary N) is 1. The van der Waals surface area contributed by atoms with Gasteiger partial charge in [0, 0.05) is 31.9 Å². The average molecular weight is 263 g/mol. The van der Waals surface area contributed by atoms with E-state index in [1.807, 2.05) is 12.4 Å². The Morgan fingerprint density at radius 1 is 1.37 bits per heavy atom. The van der Waals surface area contributed by atoms with Crippen LogP contribution in [-0.2, 0) is 13.5 Å². The Hall–Kier alpha value is -0.830. The van der Waals surface area contributed by atoms with E-state index in [4.69, 9.17) is 0 Å². The summed E-state index contributed by atoms with van der Waals surface area (Å²) in [5, 5.41) is 3.65. The molecule has 0 radical (unpaired) electrons. The van der Waals surface area contributed by atoms with Crippen molar-refractivity contribution in [1.29, 1.82) is 0 Å². The summed E-state index contributed by atoms with van der Waals surface area (Å²) < 4.78 is 2.14. The molecule has 1 aromatic heterocycles. The lowest BCUT2D eigenvalue weighted by Crippen LogP contribution is -2.30. The van der Waals surface area contributed by atoms with Gasteiger partial charge in [0.1, 0.15) is 5.82 Å². The molecule has 1 aliphatic carbocycles. The maximum absolute atomic E-state index is 4.42. The average Bonchev–Trinajstić information content (AvgIpc) is 3.04. The van der Waals surface area contributed by atoms with Crippen molar-refractivity contribution in [3.63, 3.8) is 0 Å². The van der Waals surface area contributed by atoms with E-state index in [9.17, 15) is 0 Å². The molecule has 0 saturated heterocycles. The molecule has 1 aromatic rings. The van der Waals surface area contributed by atoms with Crippen molar-refractivity contribution in [3.8, 4) is 0 Å². The largest absolute Gasteiger partial charge is 0.338 e. The van der Waals surface area contributed by atoms with E-state index in [1.165, 1.54) is 50.8 Å².